The average molecular weight is 259 g/mol. The summed E-state index contributed by atoms with van der Waals surface area (Å²) in [5.74, 6) is 1.84. The molecule has 1 heterocycles. The Morgan fingerprint density at radius 2 is 1.84 bits per heavy atom. The van der Waals surface area contributed by atoms with Crippen LogP contribution >= 0.6 is 0 Å². The molecule has 0 saturated carbocycles. The first-order chi connectivity index (χ1) is 9.28. The number of para-hydroxylation sites is 1. The lowest BCUT2D eigenvalue weighted by Gasteiger charge is -2.20. The van der Waals surface area contributed by atoms with Crippen LogP contribution in [0.25, 0.3) is 11.0 Å². The molecule has 104 valence electrons. The van der Waals surface area contributed by atoms with Crippen LogP contribution in [0.1, 0.15) is 51.8 Å². The minimum Gasteiger partial charge on any atom is -0.459 e. The zero-order valence-electron chi connectivity index (χ0n) is 12.3. The van der Waals surface area contributed by atoms with Gasteiger partial charge in [0.2, 0.25) is 0 Å². The third kappa shape index (κ3) is 3.38. The molecule has 2 nitrogen and oxygen atoms in total. The van der Waals surface area contributed by atoms with Crippen molar-refractivity contribution in [2.24, 2.45) is 5.92 Å². The molecule has 0 fully saturated rings. The highest BCUT2D eigenvalue weighted by molar-refractivity contribution is 5.77. The van der Waals surface area contributed by atoms with Gasteiger partial charge in [0.15, 0.2) is 0 Å². The highest BCUT2D eigenvalue weighted by Crippen LogP contribution is 2.29. The molecule has 1 aromatic carbocycles. The lowest BCUT2D eigenvalue weighted by molar-refractivity contribution is 0.338. The van der Waals surface area contributed by atoms with Gasteiger partial charge in [-0.05, 0) is 31.0 Å². The maximum atomic E-state index is 6.01. The van der Waals surface area contributed by atoms with Crippen LogP contribution in [0.4, 0.5) is 0 Å². The Morgan fingerprint density at radius 3 is 2.47 bits per heavy atom. The number of hydrogen-bond donors (Lipinski definition) is 1. The standard InChI is InChI=1S/C17H25NO/c1-4-13(5-2)11-15(18-6-3)17-12-14-9-7-8-10-16(14)19-17/h7-10,12-13,15,18H,4-6,11H2,1-3H3. The average Bonchev–Trinajstić information content (AvgIpc) is 2.87. The summed E-state index contributed by atoms with van der Waals surface area (Å²) in [5.41, 5.74) is 0.991. The molecule has 1 aromatic heterocycles. The number of benzene rings is 1. The molecule has 2 rings (SSSR count). The van der Waals surface area contributed by atoms with Crippen LogP contribution in [0.5, 0.6) is 0 Å². The molecular formula is C17H25NO. The third-order valence-electron chi connectivity index (χ3n) is 3.96. The van der Waals surface area contributed by atoms with Crippen molar-refractivity contribution in [1.82, 2.24) is 5.32 Å². The van der Waals surface area contributed by atoms with Gasteiger partial charge in [0.05, 0.1) is 6.04 Å². The van der Waals surface area contributed by atoms with Crippen LogP contribution in [0.2, 0.25) is 0 Å². The highest BCUT2D eigenvalue weighted by Gasteiger charge is 2.18. The van der Waals surface area contributed by atoms with E-state index in [9.17, 15) is 0 Å². The van der Waals surface area contributed by atoms with Gasteiger partial charge >= 0.3 is 0 Å². The fraction of sp³-hybridized carbons (Fsp3) is 0.529. The molecule has 1 N–H and O–H groups in total. The van der Waals surface area contributed by atoms with Crippen molar-refractivity contribution < 1.29 is 4.42 Å². The summed E-state index contributed by atoms with van der Waals surface area (Å²) in [6.07, 6.45) is 3.62. The summed E-state index contributed by atoms with van der Waals surface area (Å²) >= 11 is 0. The molecule has 0 amide bonds. The molecule has 0 saturated heterocycles. The van der Waals surface area contributed by atoms with Crippen molar-refractivity contribution in [3.05, 3.63) is 36.1 Å². The van der Waals surface area contributed by atoms with Crippen molar-refractivity contribution in [2.45, 2.75) is 46.1 Å². The van der Waals surface area contributed by atoms with Crippen LogP contribution < -0.4 is 5.32 Å². The van der Waals surface area contributed by atoms with Gasteiger partial charge in [-0.2, -0.15) is 0 Å². The Hall–Kier alpha value is -1.28. The van der Waals surface area contributed by atoms with Crippen molar-refractivity contribution in [1.29, 1.82) is 0 Å². The SMILES string of the molecule is CCNC(CC(CC)CC)c1cc2ccccc2o1. The lowest BCUT2D eigenvalue weighted by atomic mass is 9.93. The number of fused-ring (bicyclic) bond motifs is 1. The molecule has 0 radical (unpaired) electrons. The maximum Gasteiger partial charge on any atom is 0.134 e. The lowest BCUT2D eigenvalue weighted by Crippen LogP contribution is -2.22. The van der Waals surface area contributed by atoms with E-state index in [1.54, 1.807) is 0 Å². The Bertz CT molecular complexity index is 466. The van der Waals surface area contributed by atoms with Crippen LogP contribution in [0, 0.1) is 5.92 Å². The highest BCUT2D eigenvalue weighted by atomic mass is 16.3. The second-order valence-corrected chi connectivity index (χ2v) is 5.22. The van der Waals surface area contributed by atoms with E-state index in [1.165, 1.54) is 18.2 Å². The first-order valence-corrected chi connectivity index (χ1v) is 7.50. The van der Waals surface area contributed by atoms with Gasteiger partial charge < -0.3 is 9.73 Å². The van der Waals surface area contributed by atoms with E-state index in [0.29, 0.717) is 6.04 Å². The first kappa shape index (κ1) is 14.1. The van der Waals surface area contributed by atoms with E-state index in [0.717, 1.165) is 30.2 Å². The Balaban J connectivity index is 2.22. The summed E-state index contributed by atoms with van der Waals surface area (Å²) in [6, 6.07) is 10.8. The topological polar surface area (TPSA) is 25.2 Å². The fourth-order valence-corrected chi connectivity index (χ4v) is 2.68. The van der Waals surface area contributed by atoms with Crippen molar-refractivity contribution >= 4 is 11.0 Å². The number of furan rings is 1. The Labute approximate surface area is 116 Å². The third-order valence-corrected chi connectivity index (χ3v) is 3.96. The molecule has 1 unspecified atom stereocenters. The van der Waals surface area contributed by atoms with Gasteiger partial charge in [-0.25, -0.2) is 0 Å². The normalized spacial score (nSPS) is 13.3. The molecule has 19 heavy (non-hydrogen) atoms. The zero-order chi connectivity index (χ0) is 13.7. The number of hydrogen-bond acceptors (Lipinski definition) is 2. The Morgan fingerprint density at radius 1 is 1.11 bits per heavy atom. The zero-order valence-corrected chi connectivity index (χ0v) is 12.3. The fourth-order valence-electron chi connectivity index (χ4n) is 2.68. The monoisotopic (exact) mass is 259 g/mol. The van der Waals surface area contributed by atoms with E-state index >= 15 is 0 Å². The van der Waals surface area contributed by atoms with Crippen molar-refractivity contribution in [2.75, 3.05) is 6.54 Å². The largest absolute Gasteiger partial charge is 0.459 e. The molecule has 2 heteroatoms. The van der Waals surface area contributed by atoms with E-state index in [-0.39, 0.29) is 0 Å². The van der Waals surface area contributed by atoms with E-state index in [4.69, 9.17) is 4.42 Å². The smallest absolute Gasteiger partial charge is 0.134 e. The van der Waals surface area contributed by atoms with Gasteiger partial charge in [-0.3, -0.25) is 0 Å². The molecule has 0 aliphatic rings. The predicted molar refractivity (Wildman–Crippen MR) is 81.3 cm³/mol. The van der Waals surface area contributed by atoms with Crippen molar-refractivity contribution in [3.63, 3.8) is 0 Å². The van der Waals surface area contributed by atoms with Crippen LogP contribution in [0.3, 0.4) is 0 Å². The first-order valence-electron chi connectivity index (χ1n) is 7.50. The number of rotatable bonds is 7. The molecule has 0 spiro atoms. The van der Waals surface area contributed by atoms with Gasteiger partial charge in [-0.1, -0.05) is 51.8 Å². The van der Waals surface area contributed by atoms with Gasteiger partial charge in [0.1, 0.15) is 11.3 Å². The quantitative estimate of drug-likeness (QED) is 0.764. The summed E-state index contributed by atoms with van der Waals surface area (Å²) < 4.78 is 6.01. The molecule has 0 bridgehead atoms. The second-order valence-electron chi connectivity index (χ2n) is 5.22. The van der Waals surface area contributed by atoms with Gasteiger partial charge in [0, 0.05) is 5.39 Å². The van der Waals surface area contributed by atoms with Crippen LogP contribution in [0.15, 0.2) is 34.7 Å². The van der Waals surface area contributed by atoms with Crippen LogP contribution in [-0.2, 0) is 0 Å². The second kappa shape index (κ2) is 6.76. The van der Waals surface area contributed by atoms with Crippen LogP contribution in [-0.4, -0.2) is 6.54 Å². The van der Waals surface area contributed by atoms with Crippen molar-refractivity contribution in [3.8, 4) is 0 Å². The maximum absolute atomic E-state index is 6.01. The van der Waals surface area contributed by atoms with Gasteiger partial charge in [0.25, 0.3) is 0 Å². The minimum atomic E-state index is 0.335. The molecule has 1 atom stereocenters. The molecule has 0 aliphatic carbocycles. The van der Waals surface area contributed by atoms with E-state index < -0.39 is 0 Å². The minimum absolute atomic E-state index is 0.335. The molecule has 2 aromatic rings. The molecule has 0 aliphatic heterocycles. The van der Waals surface area contributed by atoms with Gasteiger partial charge in [-0.15, -0.1) is 0 Å². The summed E-state index contributed by atoms with van der Waals surface area (Å²) in [7, 11) is 0. The van der Waals surface area contributed by atoms with E-state index in [2.05, 4.69) is 44.3 Å². The summed E-state index contributed by atoms with van der Waals surface area (Å²) in [4.78, 5) is 0. The van der Waals surface area contributed by atoms with E-state index in [1.807, 2.05) is 12.1 Å². The molecular weight excluding hydrogens is 234 g/mol. The summed E-state index contributed by atoms with van der Waals surface area (Å²) in [6.45, 7) is 7.68. The number of nitrogens with one attached hydrogen (secondary N) is 1. The Kier molecular flexibility index (Phi) is 5.03. The predicted octanol–water partition coefficient (Wildman–Crippen LogP) is 4.91. The summed E-state index contributed by atoms with van der Waals surface area (Å²) in [5, 5.41) is 4.76.